The monoisotopic (exact) mass is 254 g/mol. The number of nitrogens with two attached hydrogens (primary N) is 1. The summed E-state index contributed by atoms with van der Waals surface area (Å²) < 4.78 is 0. The molecule has 1 aromatic rings. The van der Waals surface area contributed by atoms with Gasteiger partial charge in [-0.25, -0.2) is 0 Å². The molecule has 0 atom stereocenters. The van der Waals surface area contributed by atoms with Crippen molar-refractivity contribution in [2.45, 2.75) is 26.2 Å². The number of benzene rings is 1. The van der Waals surface area contributed by atoms with E-state index >= 15 is 0 Å². The lowest BCUT2D eigenvalue weighted by atomic mass is 10.1. The number of carbonyl (C=O) groups is 1. The molecule has 0 radical (unpaired) electrons. The van der Waals surface area contributed by atoms with Gasteiger partial charge in [0.2, 0.25) is 0 Å². The molecule has 1 aromatic carbocycles. The number of unbranched alkanes of at least 4 members (excludes halogenated alkanes) is 2. The lowest BCUT2D eigenvalue weighted by Crippen LogP contribution is -2.27. The van der Waals surface area contributed by atoms with Gasteiger partial charge in [0.25, 0.3) is 5.91 Å². The van der Waals surface area contributed by atoms with Crippen LogP contribution in [0.15, 0.2) is 18.2 Å². The molecule has 1 rings (SSSR count). The summed E-state index contributed by atoms with van der Waals surface area (Å²) >= 11 is 5.82. The highest BCUT2D eigenvalue weighted by atomic mass is 35.5. The maximum atomic E-state index is 12.0. The van der Waals surface area contributed by atoms with Crippen molar-refractivity contribution in [3.8, 4) is 0 Å². The number of carbonyl (C=O) groups excluding carboxylic acids is 1. The fourth-order valence-corrected chi connectivity index (χ4v) is 1.72. The highest BCUT2D eigenvalue weighted by Gasteiger charge is 2.12. The molecular formula is C13H19ClN2O. The molecule has 3 nitrogen and oxygen atoms in total. The number of hydrogen-bond acceptors (Lipinski definition) is 2. The molecule has 1 amide bonds. The van der Waals surface area contributed by atoms with Crippen LogP contribution in [0.2, 0.25) is 5.02 Å². The molecule has 0 fully saturated rings. The summed E-state index contributed by atoms with van der Waals surface area (Å²) in [7, 11) is 1.81. The molecular weight excluding hydrogens is 236 g/mol. The minimum atomic E-state index is -0.00975. The first kappa shape index (κ1) is 13.8. The van der Waals surface area contributed by atoms with Crippen molar-refractivity contribution in [3.05, 3.63) is 28.8 Å². The number of hydrogen-bond donors (Lipinski definition) is 1. The molecule has 94 valence electrons. The Hall–Kier alpha value is -1.22. The molecule has 0 aromatic heterocycles. The standard InChI is InChI=1S/C13H19ClN2O/c1-3-4-5-8-16(2)13(17)10-6-7-11(14)12(15)9-10/h6-7,9H,3-5,8,15H2,1-2H3. The summed E-state index contributed by atoms with van der Waals surface area (Å²) in [4.78, 5) is 13.8. The van der Waals surface area contributed by atoms with Crippen LogP contribution in [0.4, 0.5) is 5.69 Å². The van der Waals surface area contributed by atoms with Gasteiger partial charge in [-0.3, -0.25) is 4.79 Å². The van der Waals surface area contributed by atoms with Gasteiger partial charge in [-0.1, -0.05) is 31.4 Å². The Kier molecular flexibility index (Phi) is 5.29. The van der Waals surface area contributed by atoms with Gasteiger partial charge in [0, 0.05) is 19.2 Å². The van der Waals surface area contributed by atoms with Crippen molar-refractivity contribution in [2.75, 3.05) is 19.3 Å². The summed E-state index contributed by atoms with van der Waals surface area (Å²) in [6.07, 6.45) is 3.32. The number of anilines is 1. The van der Waals surface area contributed by atoms with Crippen LogP contribution in [0, 0.1) is 0 Å². The van der Waals surface area contributed by atoms with Crippen LogP contribution in [0.3, 0.4) is 0 Å². The van der Waals surface area contributed by atoms with Gasteiger partial charge < -0.3 is 10.6 Å². The number of nitrogen functional groups attached to an aromatic ring is 1. The molecule has 0 unspecified atom stereocenters. The van der Waals surface area contributed by atoms with Crippen molar-refractivity contribution in [1.29, 1.82) is 0 Å². The fraction of sp³-hybridized carbons (Fsp3) is 0.462. The zero-order valence-electron chi connectivity index (χ0n) is 10.4. The zero-order valence-corrected chi connectivity index (χ0v) is 11.1. The van der Waals surface area contributed by atoms with E-state index in [1.54, 1.807) is 23.1 Å². The van der Waals surface area contributed by atoms with Crippen LogP contribution in [0.5, 0.6) is 0 Å². The van der Waals surface area contributed by atoms with Crippen LogP contribution in [0.25, 0.3) is 0 Å². The van der Waals surface area contributed by atoms with Gasteiger partial charge in [-0.15, -0.1) is 0 Å². The fourth-order valence-electron chi connectivity index (χ4n) is 1.60. The summed E-state index contributed by atoms with van der Waals surface area (Å²) in [5.74, 6) is -0.00975. The quantitative estimate of drug-likeness (QED) is 0.648. The number of nitrogens with zero attached hydrogens (tertiary/aromatic N) is 1. The molecule has 2 N–H and O–H groups in total. The van der Waals surface area contributed by atoms with Crippen LogP contribution >= 0.6 is 11.6 Å². The van der Waals surface area contributed by atoms with Crippen LogP contribution in [-0.4, -0.2) is 24.4 Å². The van der Waals surface area contributed by atoms with Crippen LogP contribution < -0.4 is 5.73 Å². The SMILES string of the molecule is CCCCCN(C)C(=O)c1ccc(Cl)c(N)c1. The molecule has 0 aliphatic carbocycles. The molecule has 4 heteroatoms. The first-order chi connectivity index (χ1) is 8.06. The predicted octanol–water partition coefficient (Wildman–Crippen LogP) is 3.18. The Labute approximate surface area is 108 Å². The van der Waals surface area contributed by atoms with Crippen molar-refractivity contribution in [1.82, 2.24) is 4.90 Å². The Morgan fingerprint density at radius 3 is 2.71 bits per heavy atom. The second-order valence-corrected chi connectivity index (χ2v) is 4.58. The van der Waals surface area contributed by atoms with Crippen molar-refractivity contribution >= 4 is 23.2 Å². The second-order valence-electron chi connectivity index (χ2n) is 4.17. The van der Waals surface area contributed by atoms with Crippen LogP contribution in [0.1, 0.15) is 36.5 Å². The Balaban J connectivity index is 2.65. The third-order valence-electron chi connectivity index (χ3n) is 2.69. The lowest BCUT2D eigenvalue weighted by molar-refractivity contribution is 0.0793. The molecule has 0 saturated heterocycles. The molecule has 0 saturated carbocycles. The third kappa shape index (κ3) is 3.93. The maximum Gasteiger partial charge on any atom is 0.253 e. The Bertz CT molecular complexity index is 393. The van der Waals surface area contributed by atoms with Gasteiger partial charge in [-0.05, 0) is 24.6 Å². The second kappa shape index (κ2) is 6.50. The van der Waals surface area contributed by atoms with E-state index in [0.29, 0.717) is 16.3 Å². The van der Waals surface area contributed by atoms with Gasteiger partial charge >= 0.3 is 0 Å². The highest BCUT2D eigenvalue weighted by Crippen LogP contribution is 2.20. The zero-order chi connectivity index (χ0) is 12.8. The number of amides is 1. The topological polar surface area (TPSA) is 46.3 Å². The van der Waals surface area contributed by atoms with E-state index in [2.05, 4.69) is 6.92 Å². The van der Waals surface area contributed by atoms with Crippen molar-refractivity contribution in [2.24, 2.45) is 0 Å². The van der Waals surface area contributed by atoms with E-state index in [4.69, 9.17) is 17.3 Å². The first-order valence-electron chi connectivity index (χ1n) is 5.86. The third-order valence-corrected chi connectivity index (χ3v) is 3.03. The van der Waals surface area contributed by atoms with E-state index in [-0.39, 0.29) is 5.91 Å². The van der Waals surface area contributed by atoms with Gasteiger partial charge in [0.15, 0.2) is 0 Å². The summed E-state index contributed by atoms with van der Waals surface area (Å²) in [6.45, 7) is 2.91. The summed E-state index contributed by atoms with van der Waals surface area (Å²) in [5.41, 5.74) is 6.71. The molecule has 17 heavy (non-hydrogen) atoms. The van der Waals surface area contributed by atoms with E-state index in [0.717, 1.165) is 25.8 Å². The molecule has 0 bridgehead atoms. The smallest absolute Gasteiger partial charge is 0.253 e. The number of rotatable bonds is 5. The predicted molar refractivity (Wildman–Crippen MR) is 72.3 cm³/mol. The number of halogens is 1. The molecule has 0 aliphatic heterocycles. The van der Waals surface area contributed by atoms with E-state index in [9.17, 15) is 4.79 Å². The summed E-state index contributed by atoms with van der Waals surface area (Å²) in [6, 6.07) is 4.99. The Morgan fingerprint density at radius 1 is 1.41 bits per heavy atom. The van der Waals surface area contributed by atoms with Gasteiger partial charge in [0.1, 0.15) is 0 Å². The molecule has 0 spiro atoms. The Morgan fingerprint density at radius 2 is 2.12 bits per heavy atom. The lowest BCUT2D eigenvalue weighted by Gasteiger charge is -2.17. The first-order valence-corrected chi connectivity index (χ1v) is 6.24. The maximum absolute atomic E-state index is 12.0. The van der Waals surface area contributed by atoms with E-state index in [1.165, 1.54) is 0 Å². The van der Waals surface area contributed by atoms with E-state index in [1.807, 2.05) is 7.05 Å². The largest absolute Gasteiger partial charge is 0.398 e. The highest BCUT2D eigenvalue weighted by molar-refractivity contribution is 6.33. The minimum Gasteiger partial charge on any atom is -0.398 e. The normalized spacial score (nSPS) is 10.3. The molecule has 0 heterocycles. The van der Waals surface area contributed by atoms with Crippen molar-refractivity contribution < 1.29 is 4.79 Å². The average Bonchev–Trinajstić information content (AvgIpc) is 2.32. The molecule has 0 aliphatic rings. The van der Waals surface area contributed by atoms with Crippen LogP contribution in [-0.2, 0) is 0 Å². The van der Waals surface area contributed by atoms with Gasteiger partial charge in [0.05, 0.1) is 10.7 Å². The van der Waals surface area contributed by atoms with Gasteiger partial charge in [-0.2, -0.15) is 0 Å². The van der Waals surface area contributed by atoms with E-state index < -0.39 is 0 Å². The summed E-state index contributed by atoms with van der Waals surface area (Å²) in [5, 5.41) is 0.482. The average molecular weight is 255 g/mol. The minimum absolute atomic E-state index is 0.00975. The van der Waals surface area contributed by atoms with Crippen molar-refractivity contribution in [3.63, 3.8) is 0 Å².